The maximum absolute atomic E-state index is 13.9. The largest absolute Gasteiger partial charge is 0.515 e. The third kappa shape index (κ3) is 6.54. The van der Waals surface area contributed by atoms with Crippen molar-refractivity contribution >= 4 is 23.3 Å². The Labute approximate surface area is 239 Å². The molecule has 17 heteroatoms. The number of carbonyl (C=O) groups is 2. The molecule has 3 heterocycles. The highest BCUT2D eigenvalue weighted by Crippen LogP contribution is 2.44. The van der Waals surface area contributed by atoms with Gasteiger partial charge in [-0.05, 0) is 30.4 Å². The van der Waals surface area contributed by atoms with Crippen molar-refractivity contribution in [1.29, 1.82) is 5.41 Å². The van der Waals surface area contributed by atoms with Gasteiger partial charge in [-0.3, -0.25) is 4.79 Å². The Morgan fingerprint density at radius 2 is 1.88 bits per heavy atom. The Kier molecular flexibility index (Phi) is 7.79. The lowest BCUT2D eigenvalue weighted by Gasteiger charge is -2.36. The maximum Gasteiger partial charge on any atom is 0.410 e. The zero-order chi connectivity index (χ0) is 31.3. The fraction of sp³-hybridized carbons (Fsp3) is 0.577. The first kappa shape index (κ1) is 30.5. The van der Waals surface area contributed by atoms with Crippen LogP contribution < -0.4 is 10.6 Å². The Balaban J connectivity index is 1.37. The summed E-state index contributed by atoms with van der Waals surface area (Å²) < 4.78 is 95.0. The van der Waals surface area contributed by atoms with Gasteiger partial charge in [0, 0.05) is 38.1 Å². The van der Waals surface area contributed by atoms with Crippen LogP contribution in [0.1, 0.15) is 55.8 Å². The number of nitrogens with zero attached hydrogens (tertiary/aromatic N) is 4. The number of aromatic nitrogens is 3. The Bertz CT molecular complexity index is 1440. The van der Waals surface area contributed by atoms with Crippen molar-refractivity contribution in [1.82, 2.24) is 30.1 Å². The highest BCUT2D eigenvalue weighted by Gasteiger charge is 2.49. The standard InChI is InChI=1S/C26H28F7N7O3/c27-24(28)3-1-14(2-4-24)21(38-22(42)16(12-41)20(34)15-6-25(29,30)7-15)17-10-40-19(36-17)5-13(8-35-40)9-39-11-18(26(31,32)33)37-23(39)43/h5,8,10,12,14-15,18,21,34,41H,1-4,6-7,9,11H2,(H,37,43)(H,38,42)/b16-12+,34-20?/t18-,21-/m0/s1. The van der Waals surface area contributed by atoms with Gasteiger partial charge in [0.15, 0.2) is 5.65 Å². The third-order valence-electron chi connectivity index (χ3n) is 8.15. The smallest absolute Gasteiger partial charge is 0.410 e. The van der Waals surface area contributed by atoms with Gasteiger partial charge in [0.2, 0.25) is 11.8 Å². The van der Waals surface area contributed by atoms with Gasteiger partial charge in [-0.15, -0.1) is 0 Å². The molecule has 0 aromatic carbocycles. The van der Waals surface area contributed by atoms with E-state index in [1.165, 1.54) is 23.0 Å². The summed E-state index contributed by atoms with van der Waals surface area (Å²) in [6.07, 6.45) is -3.70. The molecule has 0 spiro atoms. The molecule has 2 saturated carbocycles. The van der Waals surface area contributed by atoms with Crippen molar-refractivity contribution in [2.75, 3.05) is 6.54 Å². The van der Waals surface area contributed by atoms with Crippen LogP contribution in [0.15, 0.2) is 30.3 Å². The van der Waals surface area contributed by atoms with E-state index in [1.54, 1.807) is 0 Å². The van der Waals surface area contributed by atoms with E-state index in [4.69, 9.17) is 5.41 Å². The van der Waals surface area contributed by atoms with Crippen molar-refractivity contribution < 1.29 is 45.4 Å². The van der Waals surface area contributed by atoms with E-state index in [0.717, 1.165) is 4.90 Å². The van der Waals surface area contributed by atoms with Crippen LogP contribution in [-0.4, -0.2) is 72.9 Å². The van der Waals surface area contributed by atoms with Gasteiger partial charge in [0.1, 0.15) is 6.04 Å². The highest BCUT2D eigenvalue weighted by molar-refractivity contribution is 6.21. The van der Waals surface area contributed by atoms with E-state index in [0.29, 0.717) is 11.8 Å². The molecule has 2 atom stereocenters. The second-order valence-electron chi connectivity index (χ2n) is 11.3. The summed E-state index contributed by atoms with van der Waals surface area (Å²) in [5.41, 5.74) is -0.251. The summed E-state index contributed by atoms with van der Waals surface area (Å²) in [6, 6.07) is -2.42. The zero-order valence-corrected chi connectivity index (χ0v) is 22.5. The van der Waals surface area contributed by atoms with E-state index >= 15 is 0 Å². The minimum Gasteiger partial charge on any atom is -0.515 e. The molecule has 0 radical (unpaired) electrons. The maximum atomic E-state index is 13.9. The van der Waals surface area contributed by atoms with Crippen LogP contribution in [0.3, 0.4) is 0 Å². The molecule has 2 aromatic heterocycles. The number of alkyl halides is 7. The highest BCUT2D eigenvalue weighted by atomic mass is 19.4. The van der Waals surface area contributed by atoms with Crippen molar-refractivity contribution in [2.24, 2.45) is 11.8 Å². The van der Waals surface area contributed by atoms with Crippen LogP contribution in [0.25, 0.3) is 5.65 Å². The molecule has 3 aliphatic rings. The number of nitrogens with one attached hydrogen (secondary N) is 3. The minimum atomic E-state index is -4.61. The van der Waals surface area contributed by atoms with Gasteiger partial charge in [-0.2, -0.15) is 18.3 Å². The second kappa shape index (κ2) is 11.0. The molecule has 3 amide bonds. The zero-order valence-electron chi connectivity index (χ0n) is 22.5. The molecule has 3 fully saturated rings. The fourth-order valence-corrected chi connectivity index (χ4v) is 5.69. The normalized spacial score (nSPS) is 23.6. The average molecular weight is 620 g/mol. The number of hydrogen-bond acceptors (Lipinski definition) is 6. The Morgan fingerprint density at radius 3 is 2.47 bits per heavy atom. The van der Waals surface area contributed by atoms with Gasteiger partial charge in [0.05, 0.1) is 48.2 Å². The van der Waals surface area contributed by atoms with Gasteiger partial charge in [0.25, 0.3) is 5.91 Å². The average Bonchev–Trinajstić information content (AvgIpc) is 3.49. The molecule has 4 N–H and O–H groups in total. The van der Waals surface area contributed by atoms with Crippen molar-refractivity contribution in [3.8, 4) is 0 Å². The minimum absolute atomic E-state index is 0.000588. The van der Waals surface area contributed by atoms with E-state index < -0.39 is 97.4 Å². The molecule has 0 unspecified atom stereocenters. The molecule has 1 saturated heterocycles. The molecule has 5 rings (SSSR count). The van der Waals surface area contributed by atoms with Crippen LogP contribution in [0.5, 0.6) is 0 Å². The number of aliphatic hydroxyl groups excluding tert-OH is 1. The predicted molar refractivity (Wildman–Crippen MR) is 136 cm³/mol. The lowest BCUT2D eigenvalue weighted by Crippen LogP contribution is -2.44. The predicted octanol–water partition coefficient (Wildman–Crippen LogP) is 4.68. The topological polar surface area (TPSA) is 136 Å². The number of halogens is 7. The van der Waals surface area contributed by atoms with Crippen molar-refractivity contribution in [2.45, 2.75) is 75.2 Å². The van der Waals surface area contributed by atoms with Gasteiger partial charge < -0.3 is 26.0 Å². The molecule has 2 aliphatic carbocycles. The molecule has 10 nitrogen and oxygen atoms in total. The van der Waals surface area contributed by atoms with Gasteiger partial charge >= 0.3 is 12.2 Å². The number of amides is 3. The summed E-state index contributed by atoms with van der Waals surface area (Å²) >= 11 is 0. The van der Waals surface area contributed by atoms with E-state index in [9.17, 15) is 45.4 Å². The van der Waals surface area contributed by atoms with Crippen LogP contribution in [0.4, 0.5) is 35.5 Å². The van der Waals surface area contributed by atoms with E-state index in [2.05, 4.69) is 15.4 Å². The van der Waals surface area contributed by atoms with Gasteiger partial charge in [-0.1, -0.05) is 0 Å². The number of aliphatic hydroxyl groups is 1. The van der Waals surface area contributed by atoms with Crippen LogP contribution in [0, 0.1) is 17.2 Å². The van der Waals surface area contributed by atoms with Crippen molar-refractivity contribution in [3.63, 3.8) is 0 Å². The quantitative estimate of drug-likeness (QED) is 0.147. The molecular formula is C26H28F7N7O3. The molecular weight excluding hydrogens is 591 g/mol. The summed E-state index contributed by atoms with van der Waals surface area (Å²) in [4.78, 5) is 30.7. The molecule has 43 heavy (non-hydrogen) atoms. The first-order valence-electron chi connectivity index (χ1n) is 13.5. The fourth-order valence-electron chi connectivity index (χ4n) is 5.69. The number of imidazole rings is 1. The first-order valence-corrected chi connectivity index (χ1v) is 13.5. The molecule has 234 valence electrons. The Morgan fingerprint density at radius 1 is 1.21 bits per heavy atom. The number of urea groups is 1. The van der Waals surface area contributed by atoms with E-state index in [-0.39, 0.29) is 30.7 Å². The summed E-state index contributed by atoms with van der Waals surface area (Å²) in [5, 5.41) is 26.6. The summed E-state index contributed by atoms with van der Waals surface area (Å²) in [7, 11) is 0. The molecule has 0 bridgehead atoms. The Hall–Kier alpha value is -3.92. The third-order valence-corrected chi connectivity index (χ3v) is 8.15. The number of fused-ring (bicyclic) bond motifs is 1. The molecule has 1 aliphatic heterocycles. The summed E-state index contributed by atoms with van der Waals surface area (Å²) in [6.45, 7) is -0.795. The van der Waals surface area contributed by atoms with E-state index in [1.807, 2.05) is 5.32 Å². The summed E-state index contributed by atoms with van der Waals surface area (Å²) in [5.74, 6) is -8.29. The number of hydrogen-bond donors (Lipinski definition) is 4. The van der Waals surface area contributed by atoms with Crippen LogP contribution in [-0.2, 0) is 11.3 Å². The second-order valence-corrected chi connectivity index (χ2v) is 11.3. The van der Waals surface area contributed by atoms with Crippen LogP contribution in [0.2, 0.25) is 0 Å². The first-order chi connectivity index (χ1) is 20.0. The van der Waals surface area contributed by atoms with Crippen molar-refractivity contribution in [3.05, 3.63) is 41.6 Å². The lowest BCUT2D eigenvalue weighted by molar-refractivity contribution is -0.149. The number of carbonyl (C=O) groups excluding carboxylic acids is 2. The SMILES string of the molecule is N=C(/C(=C\O)C(=O)N[C@H](c1cn2ncc(CN3C[C@@H](C(F)(F)F)NC3=O)cc2n1)C1CCC(F)(F)CC1)C1CC(F)(F)C1. The number of rotatable bonds is 8. The lowest BCUT2D eigenvalue weighted by atomic mass is 9.76. The monoisotopic (exact) mass is 619 g/mol. The molecule has 2 aromatic rings. The van der Waals surface area contributed by atoms with Crippen LogP contribution >= 0.6 is 0 Å². The van der Waals surface area contributed by atoms with Gasteiger partial charge in [-0.25, -0.2) is 31.9 Å².